The molecule has 0 spiro atoms. The Bertz CT molecular complexity index is 657. The normalized spacial score (nSPS) is 18.7. The molecule has 0 aromatic heterocycles. The van der Waals surface area contributed by atoms with Gasteiger partial charge >= 0.3 is 5.51 Å². The smallest absolute Gasteiger partial charge is 0.353 e. The van der Waals surface area contributed by atoms with Crippen molar-refractivity contribution < 1.29 is 22.8 Å². The van der Waals surface area contributed by atoms with E-state index in [0.717, 1.165) is 0 Å². The average molecular weight is 372 g/mol. The van der Waals surface area contributed by atoms with Crippen LogP contribution in [0.25, 0.3) is 6.08 Å². The summed E-state index contributed by atoms with van der Waals surface area (Å²) in [6.45, 7) is 4.58. The Morgan fingerprint density at radius 1 is 1.32 bits per heavy atom. The molecule has 0 saturated carbocycles. The van der Waals surface area contributed by atoms with Crippen LogP contribution in [0.4, 0.5) is 13.2 Å². The number of hydrogen-bond donors (Lipinski definition) is 1. The minimum Gasteiger partial charge on any atom is -0.353 e. The maximum atomic E-state index is 12.4. The van der Waals surface area contributed by atoms with E-state index in [-0.39, 0.29) is 34.4 Å². The molecule has 1 N–H and O–H groups in total. The van der Waals surface area contributed by atoms with Gasteiger partial charge in [-0.15, -0.1) is 0 Å². The van der Waals surface area contributed by atoms with Gasteiger partial charge in [0.05, 0.1) is 0 Å². The minimum atomic E-state index is -4.33. The summed E-state index contributed by atoms with van der Waals surface area (Å²) in [7, 11) is 0. The Kier molecular flexibility index (Phi) is 6.16. The van der Waals surface area contributed by atoms with Crippen molar-refractivity contribution in [3.8, 4) is 0 Å². The molecule has 1 unspecified atom stereocenters. The lowest BCUT2D eigenvalue weighted by Crippen LogP contribution is -2.58. The van der Waals surface area contributed by atoms with Crippen molar-refractivity contribution in [1.29, 1.82) is 0 Å². The van der Waals surface area contributed by atoms with Crippen molar-refractivity contribution >= 4 is 29.7 Å². The number of rotatable bonds is 4. The molecule has 1 aliphatic rings. The van der Waals surface area contributed by atoms with Gasteiger partial charge in [-0.25, -0.2) is 0 Å². The van der Waals surface area contributed by atoms with Crippen LogP contribution in [0.1, 0.15) is 19.4 Å². The van der Waals surface area contributed by atoms with Crippen LogP contribution in [0.15, 0.2) is 35.2 Å². The second-order valence-electron chi connectivity index (χ2n) is 5.96. The number of halogens is 3. The van der Waals surface area contributed by atoms with E-state index >= 15 is 0 Å². The first-order valence-corrected chi connectivity index (χ1v) is 8.61. The van der Waals surface area contributed by atoms with Crippen LogP contribution in [0, 0.1) is 5.92 Å². The second kappa shape index (κ2) is 7.95. The summed E-state index contributed by atoms with van der Waals surface area (Å²) in [6.07, 6.45) is 2.88. The van der Waals surface area contributed by atoms with Crippen molar-refractivity contribution in [2.75, 3.05) is 13.1 Å². The van der Waals surface area contributed by atoms with Gasteiger partial charge < -0.3 is 10.2 Å². The first-order valence-electron chi connectivity index (χ1n) is 7.79. The molecule has 1 saturated heterocycles. The van der Waals surface area contributed by atoms with E-state index in [4.69, 9.17) is 0 Å². The van der Waals surface area contributed by atoms with Crippen molar-refractivity contribution in [2.24, 2.45) is 5.92 Å². The third-order valence-electron chi connectivity index (χ3n) is 3.70. The summed E-state index contributed by atoms with van der Waals surface area (Å²) in [5.41, 5.74) is -3.71. The van der Waals surface area contributed by atoms with Crippen LogP contribution >= 0.6 is 11.8 Å². The summed E-state index contributed by atoms with van der Waals surface area (Å²) in [5.74, 6) is -0.477. The Morgan fingerprint density at radius 3 is 2.52 bits per heavy atom. The Hall–Kier alpha value is -1.96. The Balaban J connectivity index is 2.05. The molecule has 136 valence electrons. The molecule has 4 nitrogen and oxygen atoms in total. The van der Waals surface area contributed by atoms with E-state index in [9.17, 15) is 22.8 Å². The van der Waals surface area contributed by atoms with E-state index in [0.29, 0.717) is 18.7 Å². The highest BCUT2D eigenvalue weighted by Crippen LogP contribution is 2.36. The van der Waals surface area contributed by atoms with Gasteiger partial charge in [-0.05, 0) is 41.5 Å². The number of carbonyl (C=O) groups excluding carboxylic acids is 2. The molecule has 2 amide bonds. The van der Waals surface area contributed by atoms with Crippen LogP contribution in [-0.2, 0) is 9.59 Å². The molecule has 0 aliphatic carbocycles. The molecule has 2 rings (SSSR count). The first kappa shape index (κ1) is 19.4. The SMILES string of the molecule is CC(C)C1C(=O)NCCN1C(=O)C=Cc1ccc(SC(F)(F)F)cc1. The van der Waals surface area contributed by atoms with Crippen molar-refractivity contribution in [1.82, 2.24) is 10.2 Å². The number of alkyl halides is 3. The maximum absolute atomic E-state index is 12.4. The molecule has 0 bridgehead atoms. The predicted octanol–water partition coefficient (Wildman–Crippen LogP) is 3.29. The zero-order valence-electron chi connectivity index (χ0n) is 13.8. The lowest BCUT2D eigenvalue weighted by molar-refractivity contribution is -0.141. The molecular formula is C17H19F3N2O2S. The topological polar surface area (TPSA) is 49.4 Å². The van der Waals surface area contributed by atoms with Crippen molar-refractivity contribution in [3.05, 3.63) is 35.9 Å². The highest BCUT2D eigenvalue weighted by Gasteiger charge is 2.34. The number of nitrogens with zero attached hydrogens (tertiary/aromatic N) is 1. The fraction of sp³-hybridized carbons (Fsp3) is 0.412. The monoisotopic (exact) mass is 372 g/mol. The van der Waals surface area contributed by atoms with E-state index in [1.165, 1.54) is 41.3 Å². The second-order valence-corrected chi connectivity index (χ2v) is 7.10. The van der Waals surface area contributed by atoms with Crippen LogP contribution in [-0.4, -0.2) is 41.4 Å². The van der Waals surface area contributed by atoms with E-state index < -0.39 is 11.6 Å². The van der Waals surface area contributed by atoms with Crippen LogP contribution in [0.5, 0.6) is 0 Å². The van der Waals surface area contributed by atoms with E-state index in [1.54, 1.807) is 0 Å². The molecule has 1 fully saturated rings. The molecule has 8 heteroatoms. The number of thioether (sulfide) groups is 1. The van der Waals surface area contributed by atoms with E-state index in [1.807, 2.05) is 13.8 Å². The zero-order chi connectivity index (χ0) is 18.6. The zero-order valence-corrected chi connectivity index (χ0v) is 14.7. The molecule has 1 aromatic carbocycles. The largest absolute Gasteiger partial charge is 0.446 e. The van der Waals surface area contributed by atoms with Gasteiger partial charge in [0.25, 0.3) is 0 Å². The fourth-order valence-corrected chi connectivity index (χ4v) is 3.18. The van der Waals surface area contributed by atoms with Gasteiger partial charge in [0.2, 0.25) is 11.8 Å². The third kappa shape index (κ3) is 5.52. The van der Waals surface area contributed by atoms with Gasteiger partial charge in [-0.2, -0.15) is 13.2 Å². The van der Waals surface area contributed by atoms with Crippen molar-refractivity contribution in [3.63, 3.8) is 0 Å². The summed E-state index contributed by atoms with van der Waals surface area (Å²) in [5, 5.41) is 2.75. The standard InChI is InChI=1S/C17H19F3N2O2S/c1-11(2)15-16(24)21-9-10-22(15)14(23)8-5-12-3-6-13(7-4-12)25-17(18,19)20/h3-8,11,15H,9-10H2,1-2H3,(H,21,24). The van der Waals surface area contributed by atoms with Crippen LogP contribution in [0.2, 0.25) is 0 Å². The fourth-order valence-electron chi connectivity index (χ4n) is 2.64. The van der Waals surface area contributed by atoms with Gasteiger partial charge in [-0.1, -0.05) is 26.0 Å². The number of amides is 2. The average Bonchev–Trinajstić information content (AvgIpc) is 2.51. The lowest BCUT2D eigenvalue weighted by atomic mass is 9.99. The first-order chi connectivity index (χ1) is 11.7. The van der Waals surface area contributed by atoms with E-state index in [2.05, 4.69) is 5.32 Å². The van der Waals surface area contributed by atoms with Crippen LogP contribution in [0.3, 0.4) is 0 Å². The summed E-state index contributed by atoms with van der Waals surface area (Å²) < 4.78 is 36.9. The quantitative estimate of drug-likeness (QED) is 0.652. The lowest BCUT2D eigenvalue weighted by Gasteiger charge is -2.36. The predicted molar refractivity (Wildman–Crippen MR) is 90.7 cm³/mol. The molecule has 1 atom stereocenters. The highest BCUT2D eigenvalue weighted by atomic mass is 32.2. The molecule has 25 heavy (non-hydrogen) atoms. The third-order valence-corrected chi connectivity index (χ3v) is 4.44. The molecule has 1 heterocycles. The number of hydrogen-bond acceptors (Lipinski definition) is 3. The van der Waals surface area contributed by atoms with Crippen molar-refractivity contribution in [2.45, 2.75) is 30.3 Å². The minimum absolute atomic E-state index is 0.0173. The molecule has 1 aliphatic heterocycles. The highest BCUT2D eigenvalue weighted by molar-refractivity contribution is 8.00. The number of benzene rings is 1. The Labute approximate surface area is 148 Å². The van der Waals surface area contributed by atoms with Gasteiger partial charge in [-0.3, -0.25) is 9.59 Å². The maximum Gasteiger partial charge on any atom is 0.446 e. The van der Waals surface area contributed by atoms with Crippen LogP contribution < -0.4 is 5.32 Å². The van der Waals surface area contributed by atoms with Gasteiger partial charge in [0, 0.05) is 24.1 Å². The molecular weight excluding hydrogens is 353 g/mol. The number of nitrogens with one attached hydrogen (secondary N) is 1. The summed E-state index contributed by atoms with van der Waals surface area (Å²) >= 11 is -0.183. The van der Waals surface area contributed by atoms with Gasteiger partial charge in [0.15, 0.2) is 0 Å². The number of piperazine rings is 1. The van der Waals surface area contributed by atoms with Gasteiger partial charge in [0.1, 0.15) is 6.04 Å². The summed E-state index contributed by atoms with van der Waals surface area (Å²) in [6, 6.07) is 5.22. The molecule has 0 radical (unpaired) electrons. The molecule has 1 aromatic rings. The Morgan fingerprint density at radius 2 is 1.96 bits per heavy atom. The number of carbonyl (C=O) groups is 2. The summed E-state index contributed by atoms with van der Waals surface area (Å²) in [4.78, 5) is 26.0.